The van der Waals surface area contributed by atoms with E-state index < -0.39 is 5.82 Å². The summed E-state index contributed by atoms with van der Waals surface area (Å²) in [7, 11) is 0. The van der Waals surface area contributed by atoms with E-state index in [1.54, 1.807) is 12.1 Å². The van der Waals surface area contributed by atoms with E-state index in [-0.39, 0.29) is 11.6 Å². The van der Waals surface area contributed by atoms with Crippen LogP contribution in [0.1, 0.15) is 32.3 Å². The molecule has 0 aliphatic rings. The maximum absolute atomic E-state index is 13.9. The average molecular weight is 309 g/mol. The lowest BCUT2D eigenvalue weighted by Gasteiger charge is -2.18. The van der Waals surface area contributed by atoms with Crippen molar-refractivity contribution >= 4 is 28.9 Å². The zero-order chi connectivity index (χ0) is 15.4. The van der Waals surface area contributed by atoms with Crippen LogP contribution in [-0.4, -0.2) is 16.5 Å². The first-order valence-electron chi connectivity index (χ1n) is 6.84. The van der Waals surface area contributed by atoms with Gasteiger partial charge in [0, 0.05) is 12.1 Å². The Bertz CT molecular complexity index is 611. The first kappa shape index (κ1) is 15.5. The summed E-state index contributed by atoms with van der Waals surface area (Å²) in [6.07, 6.45) is 1.45. The zero-order valence-electron chi connectivity index (χ0n) is 12.2. The molecule has 0 unspecified atom stereocenters. The molecule has 0 spiro atoms. The molecular formula is C15H18ClFN4. The number of para-hydroxylation sites is 1. The van der Waals surface area contributed by atoms with Gasteiger partial charge in [-0.15, -0.1) is 0 Å². The maximum Gasteiger partial charge on any atom is 0.148 e. The van der Waals surface area contributed by atoms with Crippen molar-refractivity contribution in [1.29, 1.82) is 0 Å². The lowest BCUT2D eigenvalue weighted by molar-refractivity contribution is 0.631. The Kier molecular flexibility index (Phi) is 4.96. The molecule has 0 saturated heterocycles. The Balaban J connectivity index is 2.47. The molecule has 6 heteroatoms. The predicted octanol–water partition coefficient (Wildman–Crippen LogP) is 4.57. The van der Waals surface area contributed by atoms with Crippen LogP contribution >= 0.6 is 11.6 Å². The minimum absolute atomic E-state index is 0.174. The fourth-order valence-corrected chi connectivity index (χ4v) is 2.30. The second kappa shape index (κ2) is 6.72. The van der Waals surface area contributed by atoms with Gasteiger partial charge in [-0.2, -0.15) is 0 Å². The van der Waals surface area contributed by atoms with Crippen molar-refractivity contribution in [2.75, 3.05) is 17.2 Å². The van der Waals surface area contributed by atoms with Gasteiger partial charge in [-0.05, 0) is 25.0 Å². The SMILES string of the molecule is CCNc1ncnc(Nc2c(F)cccc2Cl)c1C(C)C. The van der Waals surface area contributed by atoms with Crippen LogP contribution in [0, 0.1) is 5.82 Å². The van der Waals surface area contributed by atoms with E-state index in [4.69, 9.17) is 11.6 Å². The smallest absolute Gasteiger partial charge is 0.148 e. The molecule has 2 N–H and O–H groups in total. The van der Waals surface area contributed by atoms with Crippen LogP contribution in [0.4, 0.5) is 21.7 Å². The monoisotopic (exact) mass is 308 g/mol. The van der Waals surface area contributed by atoms with Gasteiger partial charge in [0.05, 0.1) is 10.7 Å². The minimum Gasteiger partial charge on any atom is -0.370 e. The van der Waals surface area contributed by atoms with Crippen LogP contribution < -0.4 is 10.6 Å². The zero-order valence-corrected chi connectivity index (χ0v) is 13.0. The minimum atomic E-state index is -0.416. The summed E-state index contributed by atoms with van der Waals surface area (Å²) in [6, 6.07) is 4.56. The highest BCUT2D eigenvalue weighted by atomic mass is 35.5. The van der Waals surface area contributed by atoms with Crippen molar-refractivity contribution in [3.8, 4) is 0 Å². The molecule has 0 aliphatic carbocycles. The van der Waals surface area contributed by atoms with Gasteiger partial charge in [-0.3, -0.25) is 0 Å². The molecule has 21 heavy (non-hydrogen) atoms. The highest BCUT2D eigenvalue weighted by Crippen LogP contribution is 2.33. The second-order valence-electron chi connectivity index (χ2n) is 4.89. The fraction of sp³-hybridized carbons (Fsp3) is 0.333. The summed E-state index contributed by atoms with van der Waals surface area (Å²) in [6.45, 7) is 6.81. The first-order chi connectivity index (χ1) is 10.0. The van der Waals surface area contributed by atoms with Gasteiger partial charge >= 0.3 is 0 Å². The summed E-state index contributed by atoms with van der Waals surface area (Å²) < 4.78 is 13.9. The maximum atomic E-state index is 13.9. The molecule has 0 radical (unpaired) electrons. The normalized spacial score (nSPS) is 10.8. The topological polar surface area (TPSA) is 49.8 Å². The standard InChI is InChI=1S/C15H18ClFN4/c1-4-18-14-12(9(2)3)15(20-8-19-14)21-13-10(16)6-5-7-11(13)17/h5-9H,4H2,1-3H3,(H2,18,19,20,21). The van der Waals surface area contributed by atoms with E-state index in [0.29, 0.717) is 10.8 Å². The average Bonchev–Trinajstić information content (AvgIpc) is 2.43. The van der Waals surface area contributed by atoms with Gasteiger partial charge in [-0.1, -0.05) is 31.5 Å². The molecule has 2 rings (SSSR count). The van der Waals surface area contributed by atoms with Crippen LogP contribution in [0.3, 0.4) is 0 Å². The molecule has 0 saturated carbocycles. The number of nitrogens with one attached hydrogen (secondary N) is 2. The molecule has 0 atom stereocenters. The van der Waals surface area contributed by atoms with E-state index in [1.165, 1.54) is 12.4 Å². The molecule has 1 heterocycles. The number of nitrogens with zero attached hydrogens (tertiary/aromatic N) is 2. The summed E-state index contributed by atoms with van der Waals surface area (Å²) in [5.74, 6) is 1.06. The first-order valence-corrected chi connectivity index (χ1v) is 7.22. The Morgan fingerprint density at radius 1 is 1.24 bits per heavy atom. The van der Waals surface area contributed by atoms with Gasteiger partial charge in [0.2, 0.25) is 0 Å². The van der Waals surface area contributed by atoms with Crippen molar-refractivity contribution in [3.05, 3.63) is 40.9 Å². The van der Waals surface area contributed by atoms with Gasteiger partial charge in [0.15, 0.2) is 0 Å². The molecule has 0 fully saturated rings. The third-order valence-electron chi connectivity index (χ3n) is 3.01. The van der Waals surface area contributed by atoms with Gasteiger partial charge in [0.25, 0.3) is 0 Å². The van der Waals surface area contributed by atoms with E-state index >= 15 is 0 Å². The van der Waals surface area contributed by atoms with Crippen molar-refractivity contribution < 1.29 is 4.39 Å². The number of hydrogen-bond acceptors (Lipinski definition) is 4. The largest absolute Gasteiger partial charge is 0.370 e. The van der Waals surface area contributed by atoms with E-state index in [9.17, 15) is 4.39 Å². The summed E-state index contributed by atoms with van der Waals surface area (Å²) in [4.78, 5) is 8.48. The lowest BCUT2D eigenvalue weighted by atomic mass is 10.0. The number of hydrogen-bond donors (Lipinski definition) is 2. The van der Waals surface area contributed by atoms with Crippen LogP contribution in [0.15, 0.2) is 24.5 Å². The molecule has 1 aromatic carbocycles. The molecule has 0 amide bonds. The van der Waals surface area contributed by atoms with Gasteiger partial charge in [0.1, 0.15) is 23.8 Å². The van der Waals surface area contributed by atoms with Crippen LogP contribution in [0.5, 0.6) is 0 Å². The Morgan fingerprint density at radius 3 is 2.57 bits per heavy atom. The number of benzene rings is 1. The number of rotatable bonds is 5. The van der Waals surface area contributed by atoms with E-state index in [1.807, 2.05) is 20.8 Å². The van der Waals surface area contributed by atoms with Crippen LogP contribution in [-0.2, 0) is 0 Å². The Hall–Kier alpha value is -1.88. The molecule has 1 aromatic heterocycles. The molecule has 4 nitrogen and oxygen atoms in total. The van der Waals surface area contributed by atoms with Crippen molar-refractivity contribution in [1.82, 2.24) is 9.97 Å². The fourth-order valence-electron chi connectivity index (χ4n) is 2.09. The highest BCUT2D eigenvalue weighted by Gasteiger charge is 2.17. The molecule has 0 bridgehead atoms. The van der Waals surface area contributed by atoms with Crippen molar-refractivity contribution in [2.45, 2.75) is 26.7 Å². The quantitative estimate of drug-likeness (QED) is 0.849. The summed E-state index contributed by atoms with van der Waals surface area (Å²) in [5, 5.41) is 6.50. The number of anilines is 3. The number of halogens is 2. The predicted molar refractivity (Wildman–Crippen MR) is 85.0 cm³/mol. The van der Waals surface area contributed by atoms with Gasteiger partial charge < -0.3 is 10.6 Å². The van der Waals surface area contributed by atoms with Gasteiger partial charge in [-0.25, -0.2) is 14.4 Å². The lowest BCUT2D eigenvalue weighted by Crippen LogP contribution is -2.09. The van der Waals surface area contributed by atoms with Crippen LogP contribution in [0.2, 0.25) is 5.02 Å². The number of aromatic nitrogens is 2. The van der Waals surface area contributed by atoms with Crippen molar-refractivity contribution in [2.24, 2.45) is 0 Å². The Labute approximate surface area is 128 Å². The molecular weight excluding hydrogens is 291 g/mol. The Morgan fingerprint density at radius 2 is 1.95 bits per heavy atom. The second-order valence-corrected chi connectivity index (χ2v) is 5.30. The third-order valence-corrected chi connectivity index (χ3v) is 3.33. The highest BCUT2D eigenvalue weighted by molar-refractivity contribution is 6.33. The van der Waals surface area contributed by atoms with Crippen molar-refractivity contribution in [3.63, 3.8) is 0 Å². The molecule has 2 aromatic rings. The summed E-state index contributed by atoms with van der Waals surface area (Å²) in [5.41, 5.74) is 1.13. The molecule has 112 valence electrons. The van der Waals surface area contributed by atoms with Crippen LogP contribution in [0.25, 0.3) is 0 Å². The summed E-state index contributed by atoms with van der Waals surface area (Å²) >= 11 is 6.05. The van der Waals surface area contributed by atoms with E-state index in [2.05, 4.69) is 20.6 Å². The molecule has 0 aliphatic heterocycles. The van der Waals surface area contributed by atoms with E-state index in [0.717, 1.165) is 17.9 Å². The third kappa shape index (κ3) is 3.42.